The molecule has 3 aromatic rings. The summed E-state index contributed by atoms with van der Waals surface area (Å²) in [4.78, 5) is 16.6. The predicted octanol–water partition coefficient (Wildman–Crippen LogP) is 2.72. The number of aromatic nitrogens is 2. The van der Waals surface area contributed by atoms with E-state index in [9.17, 15) is 13.6 Å². The highest BCUT2D eigenvalue weighted by atomic mass is 19.2. The SMILES string of the molecule is O=C1NCCn2c(-c3ccc(F)c(F)c3)nc3cccc1c32. The number of carbonyl (C=O) groups is 1. The van der Waals surface area contributed by atoms with Crippen LogP contribution in [-0.4, -0.2) is 22.0 Å². The van der Waals surface area contributed by atoms with Gasteiger partial charge in [-0.25, -0.2) is 13.8 Å². The van der Waals surface area contributed by atoms with Crippen molar-refractivity contribution in [3.8, 4) is 11.4 Å². The van der Waals surface area contributed by atoms with Crippen LogP contribution in [0, 0.1) is 11.6 Å². The molecule has 0 unspecified atom stereocenters. The molecule has 0 atom stereocenters. The first-order valence-corrected chi connectivity index (χ1v) is 6.88. The fourth-order valence-electron chi connectivity index (χ4n) is 2.82. The summed E-state index contributed by atoms with van der Waals surface area (Å²) in [5.74, 6) is -1.44. The van der Waals surface area contributed by atoms with Crippen LogP contribution < -0.4 is 5.32 Å². The lowest BCUT2D eigenvalue weighted by atomic mass is 10.1. The molecular formula is C16H11F2N3O. The van der Waals surface area contributed by atoms with Crippen molar-refractivity contribution in [2.24, 2.45) is 0 Å². The molecule has 0 saturated carbocycles. The van der Waals surface area contributed by atoms with Gasteiger partial charge in [0.05, 0.1) is 16.6 Å². The van der Waals surface area contributed by atoms with E-state index in [0.717, 1.165) is 17.6 Å². The number of carbonyl (C=O) groups excluding carboxylic acids is 1. The van der Waals surface area contributed by atoms with Gasteiger partial charge >= 0.3 is 0 Å². The van der Waals surface area contributed by atoms with Crippen LogP contribution in [0.1, 0.15) is 10.4 Å². The second-order valence-corrected chi connectivity index (χ2v) is 5.15. The lowest BCUT2D eigenvalue weighted by molar-refractivity contribution is 0.0956. The summed E-state index contributed by atoms with van der Waals surface area (Å²) in [5, 5.41) is 2.82. The van der Waals surface area contributed by atoms with Crippen LogP contribution in [0.2, 0.25) is 0 Å². The van der Waals surface area contributed by atoms with E-state index in [2.05, 4.69) is 10.3 Å². The number of hydrogen-bond donors (Lipinski definition) is 1. The summed E-state index contributed by atoms with van der Waals surface area (Å²) in [6.45, 7) is 0.975. The zero-order valence-electron chi connectivity index (χ0n) is 11.4. The Morgan fingerprint density at radius 1 is 1.14 bits per heavy atom. The molecule has 2 aromatic carbocycles. The fourth-order valence-corrected chi connectivity index (χ4v) is 2.82. The quantitative estimate of drug-likeness (QED) is 0.751. The summed E-state index contributed by atoms with van der Waals surface area (Å²) in [5.41, 5.74) is 2.40. The van der Waals surface area contributed by atoms with Crippen molar-refractivity contribution in [1.82, 2.24) is 14.9 Å². The topological polar surface area (TPSA) is 46.9 Å². The van der Waals surface area contributed by atoms with Crippen LogP contribution in [0.4, 0.5) is 8.78 Å². The molecule has 1 aliphatic heterocycles. The van der Waals surface area contributed by atoms with Crippen LogP contribution in [0.3, 0.4) is 0 Å². The van der Waals surface area contributed by atoms with Gasteiger partial charge in [-0.1, -0.05) is 6.07 Å². The van der Waals surface area contributed by atoms with Gasteiger partial charge in [-0.3, -0.25) is 4.79 Å². The van der Waals surface area contributed by atoms with E-state index < -0.39 is 11.6 Å². The maximum absolute atomic E-state index is 13.5. The summed E-state index contributed by atoms with van der Waals surface area (Å²) >= 11 is 0. The lowest BCUT2D eigenvalue weighted by Crippen LogP contribution is -2.24. The number of halogens is 2. The van der Waals surface area contributed by atoms with Crippen LogP contribution in [-0.2, 0) is 6.54 Å². The molecule has 0 fully saturated rings. The van der Waals surface area contributed by atoms with E-state index in [0.29, 0.717) is 35.6 Å². The van der Waals surface area contributed by atoms with Crippen molar-refractivity contribution in [2.75, 3.05) is 6.54 Å². The standard InChI is InChI=1S/C16H11F2N3O/c17-11-5-4-9(8-12(11)18)15-20-13-3-1-2-10-14(13)21(15)7-6-19-16(10)22/h1-5,8H,6-7H2,(H,19,22). The van der Waals surface area contributed by atoms with E-state index in [-0.39, 0.29) is 5.91 Å². The number of para-hydroxylation sites is 1. The summed E-state index contributed by atoms with van der Waals surface area (Å²) in [7, 11) is 0. The van der Waals surface area contributed by atoms with Crippen molar-refractivity contribution in [3.05, 3.63) is 53.6 Å². The Hall–Kier alpha value is -2.76. The second kappa shape index (κ2) is 4.62. The lowest BCUT2D eigenvalue weighted by Gasteiger charge is -2.07. The van der Waals surface area contributed by atoms with Gasteiger partial charge in [0.25, 0.3) is 5.91 Å². The van der Waals surface area contributed by atoms with Crippen LogP contribution in [0.15, 0.2) is 36.4 Å². The van der Waals surface area contributed by atoms with Crippen molar-refractivity contribution in [3.63, 3.8) is 0 Å². The molecule has 0 radical (unpaired) electrons. The van der Waals surface area contributed by atoms with Crippen molar-refractivity contribution in [1.29, 1.82) is 0 Å². The van der Waals surface area contributed by atoms with Gasteiger partial charge in [-0.15, -0.1) is 0 Å². The number of nitrogens with zero attached hydrogens (tertiary/aromatic N) is 2. The number of rotatable bonds is 1. The van der Waals surface area contributed by atoms with Gasteiger partial charge in [-0.2, -0.15) is 0 Å². The normalized spacial score (nSPS) is 14.0. The van der Waals surface area contributed by atoms with Gasteiger partial charge in [0, 0.05) is 18.7 Å². The molecule has 1 aromatic heterocycles. The second-order valence-electron chi connectivity index (χ2n) is 5.15. The molecule has 22 heavy (non-hydrogen) atoms. The smallest absolute Gasteiger partial charge is 0.253 e. The third-order valence-corrected chi connectivity index (χ3v) is 3.81. The Kier molecular flexibility index (Phi) is 2.72. The van der Waals surface area contributed by atoms with E-state index >= 15 is 0 Å². The van der Waals surface area contributed by atoms with Crippen molar-refractivity contribution >= 4 is 16.9 Å². The Labute approximate surface area is 124 Å². The molecule has 110 valence electrons. The number of amides is 1. The minimum absolute atomic E-state index is 0.152. The van der Waals surface area contributed by atoms with E-state index in [4.69, 9.17) is 0 Å². The Bertz CT molecular complexity index is 917. The monoisotopic (exact) mass is 299 g/mol. The van der Waals surface area contributed by atoms with Crippen molar-refractivity contribution < 1.29 is 13.6 Å². The number of benzene rings is 2. The molecule has 0 spiro atoms. The number of hydrogen-bond acceptors (Lipinski definition) is 2. The highest BCUT2D eigenvalue weighted by Crippen LogP contribution is 2.29. The van der Waals surface area contributed by atoms with Gasteiger partial charge in [0.1, 0.15) is 5.82 Å². The Morgan fingerprint density at radius 3 is 2.82 bits per heavy atom. The van der Waals surface area contributed by atoms with Gasteiger partial charge < -0.3 is 9.88 Å². The predicted molar refractivity (Wildman–Crippen MR) is 77.4 cm³/mol. The van der Waals surface area contributed by atoms with E-state index in [1.807, 2.05) is 4.57 Å². The van der Waals surface area contributed by atoms with Gasteiger partial charge in [0.15, 0.2) is 11.6 Å². The highest BCUT2D eigenvalue weighted by Gasteiger charge is 2.22. The minimum Gasteiger partial charge on any atom is -0.350 e. The molecule has 1 amide bonds. The third-order valence-electron chi connectivity index (χ3n) is 3.81. The van der Waals surface area contributed by atoms with E-state index in [1.54, 1.807) is 18.2 Å². The molecule has 4 rings (SSSR count). The van der Waals surface area contributed by atoms with E-state index in [1.165, 1.54) is 6.07 Å². The molecule has 0 bridgehead atoms. The molecule has 0 aliphatic carbocycles. The molecule has 1 N–H and O–H groups in total. The third kappa shape index (κ3) is 1.80. The number of imidazole rings is 1. The Balaban J connectivity index is 2.03. The summed E-state index contributed by atoms with van der Waals surface area (Å²) in [6, 6.07) is 8.99. The van der Waals surface area contributed by atoms with Crippen LogP contribution >= 0.6 is 0 Å². The average Bonchev–Trinajstić information content (AvgIpc) is 2.79. The molecule has 1 aliphatic rings. The maximum atomic E-state index is 13.5. The molecular weight excluding hydrogens is 288 g/mol. The number of nitrogens with one attached hydrogen (secondary N) is 1. The first kappa shape index (κ1) is 12.9. The first-order valence-electron chi connectivity index (χ1n) is 6.88. The van der Waals surface area contributed by atoms with Crippen LogP contribution in [0.25, 0.3) is 22.4 Å². The molecule has 4 nitrogen and oxygen atoms in total. The van der Waals surface area contributed by atoms with Crippen LogP contribution in [0.5, 0.6) is 0 Å². The van der Waals surface area contributed by atoms with Crippen molar-refractivity contribution in [2.45, 2.75) is 6.54 Å². The van der Waals surface area contributed by atoms with Gasteiger partial charge in [0.2, 0.25) is 0 Å². The molecule has 2 heterocycles. The summed E-state index contributed by atoms with van der Waals surface area (Å²) in [6.07, 6.45) is 0. The Morgan fingerprint density at radius 2 is 2.00 bits per heavy atom. The zero-order valence-corrected chi connectivity index (χ0v) is 11.4. The largest absolute Gasteiger partial charge is 0.350 e. The highest BCUT2D eigenvalue weighted by molar-refractivity contribution is 6.06. The molecule has 6 heteroatoms. The summed E-state index contributed by atoms with van der Waals surface area (Å²) < 4.78 is 28.5. The molecule has 0 saturated heterocycles. The average molecular weight is 299 g/mol. The zero-order chi connectivity index (χ0) is 15.3. The first-order chi connectivity index (χ1) is 10.6. The fraction of sp³-hybridized carbons (Fsp3) is 0.125. The maximum Gasteiger partial charge on any atom is 0.253 e. The minimum atomic E-state index is -0.916. The van der Waals surface area contributed by atoms with Gasteiger partial charge in [-0.05, 0) is 30.3 Å².